The van der Waals surface area contributed by atoms with Gasteiger partial charge in [-0.05, 0) is 72.6 Å². The third kappa shape index (κ3) is 3.57. The van der Waals surface area contributed by atoms with E-state index in [9.17, 15) is 5.11 Å². The van der Waals surface area contributed by atoms with E-state index in [1.54, 1.807) is 15.9 Å². The monoisotopic (exact) mass is 445 g/mol. The van der Waals surface area contributed by atoms with Gasteiger partial charge in [-0.25, -0.2) is 0 Å². The number of aromatic amines is 1. The maximum Gasteiger partial charge on any atom is 0.218 e. The van der Waals surface area contributed by atoms with Crippen LogP contribution in [0.15, 0.2) is 66.7 Å². The molecule has 2 aromatic heterocycles. The first-order chi connectivity index (χ1) is 15.2. The first kappa shape index (κ1) is 20.0. The number of aromatic hydroxyl groups is 1. The number of nitrogens with two attached hydrogens (primary N) is 1. The van der Waals surface area contributed by atoms with Crippen LogP contribution in [0, 0.1) is 4.77 Å². The second kappa shape index (κ2) is 8.30. The summed E-state index contributed by atoms with van der Waals surface area (Å²) in [7, 11) is 0. The van der Waals surface area contributed by atoms with Crippen molar-refractivity contribution in [3.05, 3.63) is 77.2 Å². The number of H-pyrrole nitrogens is 1. The van der Waals surface area contributed by atoms with Crippen molar-refractivity contribution >= 4 is 44.4 Å². The Morgan fingerprint density at radius 1 is 0.968 bits per heavy atom. The minimum atomic E-state index is 0.182. The largest absolute Gasteiger partial charge is 0.493 e. The molecule has 0 atom stereocenters. The standard InChI is InChI=1S/C25H23N3OS2/c26-14-6-5-10-20-24(29)28(25(30)27-20)21-13-12-19(17-8-2-3-9-18(17)21)23-15-16-7-1-4-11-22(16)31-23/h1-4,7-9,11-13,15,29H,5-6,10,14,26H2,(H,27,30). The minimum absolute atomic E-state index is 0.182. The van der Waals surface area contributed by atoms with Gasteiger partial charge in [0, 0.05) is 15.0 Å². The molecule has 3 aromatic carbocycles. The fourth-order valence-corrected chi connectivity index (χ4v) is 5.53. The highest BCUT2D eigenvalue weighted by atomic mass is 32.1. The lowest BCUT2D eigenvalue weighted by Crippen LogP contribution is -1.99. The van der Waals surface area contributed by atoms with Crippen molar-refractivity contribution in [1.29, 1.82) is 0 Å². The van der Waals surface area contributed by atoms with Crippen molar-refractivity contribution in [2.24, 2.45) is 5.73 Å². The van der Waals surface area contributed by atoms with Gasteiger partial charge in [-0.2, -0.15) is 0 Å². The minimum Gasteiger partial charge on any atom is -0.493 e. The normalized spacial score (nSPS) is 11.5. The van der Waals surface area contributed by atoms with Gasteiger partial charge in [0.05, 0.1) is 11.4 Å². The molecule has 0 radical (unpaired) electrons. The highest BCUT2D eigenvalue weighted by Gasteiger charge is 2.17. The summed E-state index contributed by atoms with van der Waals surface area (Å²) < 4.78 is 3.52. The SMILES string of the molecule is NCCCCc1[nH]c(=S)n(-c2ccc(-c3cc4ccccc4s3)c3ccccc23)c1O. The van der Waals surface area contributed by atoms with Crippen LogP contribution >= 0.6 is 23.6 Å². The zero-order valence-corrected chi connectivity index (χ0v) is 18.6. The lowest BCUT2D eigenvalue weighted by molar-refractivity contribution is 0.434. The summed E-state index contributed by atoms with van der Waals surface area (Å²) in [6.07, 6.45) is 2.54. The fourth-order valence-electron chi connectivity index (χ4n) is 4.12. The molecule has 4 N–H and O–H groups in total. The number of aromatic nitrogens is 2. The van der Waals surface area contributed by atoms with E-state index in [1.165, 1.54) is 20.5 Å². The Morgan fingerprint density at radius 3 is 2.55 bits per heavy atom. The highest BCUT2D eigenvalue weighted by molar-refractivity contribution is 7.71. The van der Waals surface area contributed by atoms with E-state index in [2.05, 4.69) is 65.6 Å². The Labute approximate surface area is 189 Å². The van der Waals surface area contributed by atoms with Crippen LogP contribution in [-0.2, 0) is 6.42 Å². The molecule has 156 valence electrons. The molecule has 5 aromatic rings. The van der Waals surface area contributed by atoms with Crippen molar-refractivity contribution in [3.63, 3.8) is 0 Å². The maximum atomic E-state index is 10.9. The van der Waals surface area contributed by atoms with Crippen molar-refractivity contribution in [2.75, 3.05) is 6.54 Å². The van der Waals surface area contributed by atoms with Crippen LogP contribution in [0.25, 0.3) is 37.0 Å². The van der Waals surface area contributed by atoms with Crippen molar-refractivity contribution in [1.82, 2.24) is 9.55 Å². The predicted octanol–water partition coefficient (Wildman–Crippen LogP) is 6.56. The Hall–Kier alpha value is -2.93. The van der Waals surface area contributed by atoms with Gasteiger partial charge < -0.3 is 15.8 Å². The molecule has 0 bridgehead atoms. The van der Waals surface area contributed by atoms with Gasteiger partial charge in [-0.15, -0.1) is 11.3 Å². The quantitative estimate of drug-likeness (QED) is 0.205. The number of thiophene rings is 1. The molecule has 0 saturated carbocycles. The maximum absolute atomic E-state index is 10.9. The molecule has 0 saturated heterocycles. The predicted molar refractivity (Wildman–Crippen MR) is 133 cm³/mol. The summed E-state index contributed by atoms with van der Waals surface area (Å²) >= 11 is 7.37. The molecular weight excluding hydrogens is 422 g/mol. The third-order valence-electron chi connectivity index (χ3n) is 5.66. The molecule has 4 nitrogen and oxygen atoms in total. The van der Waals surface area contributed by atoms with Gasteiger partial charge in [0.25, 0.3) is 0 Å². The Morgan fingerprint density at radius 2 is 1.74 bits per heavy atom. The van der Waals surface area contributed by atoms with E-state index >= 15 is 0 Å². The van der Waals surface area contributed by atoms with Gasteiger partial charge in [0.2, 0.25) is 5.88 Å². The van der Waals surface area contributed by atoms with Crippen LogP contribution in [0.3, 0.4) is 0 Å². The average Bonchev–Trinajstić information content (AvgIpc) is 3.34. The first-order valence-electron chi connectivity index (χ1n) is 10.4. The lowest BCUT2D eigenvalue weighted by atomic mass is 10.0. The number of benzene rings is 3. The summed E-state index contributed by atoms with van der Waals surface area (Å²) in [6.45, 7) is 0.645. The van der Waals surface area contributed by atoms with E-state index in [4.69, 9.17) is 18.0 Å². The fraction of sp³-hybridized carbons (Fsp3) is 0.160. The summed E-state index contributed by atoms with van der Waals surface area (Å²) in [4.78, 5) is 4.42. The molecule has 0 aliphatic heterocycles. The van der Waals surface area contributed by atoms with Crippen molar-refractivity contribution in [3.8, 4) is 22.0 Å². The van der Waals surface area contributed by atoms with Gasteiger partial charge in [-0.1, -0.05) is 48.5 Å². The van der Waals surface area contributed by atoms with E-state index < -0.39 is 0 Å². The van der Waals surface area contributed by atoms with E-state index in [0.29, 0.717) is 11.3 Å². The molecule has 0 unspecified atom stereocenters. The summed E-state index contributed by atoms with van der Waals surface area (Å²) in [6, 6.07) is 23.2. The molecule has 0 aliphatic rings. The van der Waals surface area contributed by atoms with Crippen molar-refractivity contribution in [2.45, 2.75) is 19.3 Å². The van der Waals surface area contributed by atoms with Crippen molar-refractivity contribution < 1.29 is 5.11 Å². The van der Waals surface area contributed by atoms with Crippen LogP contribution in [0.1, 0.15) is 18.5 Å². The van der Waals surface area contributed by atoms with Gasteiger partial charge in [0.15, 0.2) is 4.77 Å². The van der Waals surface area contributed by atoms with E-state index in [1.807, 2.05) is 6.07 Å². The van der Waals surface area contributed by atoms with Crippen LogP contribution in [-0.4, -0.2) is 21.2 Å². The molecule has 0 spiro atoms. The Balaban J connectivity index is 1.66. The number of imidazole rings is 1. The van der Waals surface area contributed by atoms with Crippen LogP contribution in [0.2, 0.25) is 0 Å². The van der Waals surface area contributed by atoms with Crippen LogP contribution < -0.4 is 5.73 Å². The number of fused-ring (bicyclic) bond motifs is 2. The zero-order valence-electron chi connectivity index (χ0n) is 17.0. The van der Waals surface area contributed by atoms with Crippen LogP contribution in [0.4, 0.5) is 0 Å². The molecule has 31 heavy (non-hydrogen) atoms. The third-order valence-corrected chi connectivity index (χ3v) is 7.09. The number of unbranched alkanes of at least 4 members (excludes halogenated alkanes) is 1. The van der Waals surface area contributed by atoms with E-state index in [0.717, 1.165) is 41.4 Å². The number of hydrogen-bond acceptors (Lipinski definition) is 4. The van der Waals surface area contributed by atoms with E-state index in [-0.39, 0.29) is 5.88 Å². The molecule has 5 rings (SSSR count). The lowest BCUT2D eigenvalue weighted by Gasteiger charge is -2.12. The zero-order chi connectivity index (χ0) is 21.4. The molecule has 6 heteroatoms. The second-order valence-corrected chi connectivity index (χ2v) is 9.11. The van der Waals surface area contributed by atoms with Crippen LogP contribution in [0.5, 0.6) is 5.88 Å². The summed E-state index contributed by atoms with van der Waals surface area (Å²) in [5, 5.41) is 14.4. The number of hydrogen-bond donors (Lipinski definition) is 3. The number of nitrogens with one attached hydrogen (secondary N) is 1. The summed E-state index contributed by atoms with van der Waals surface area (Å²) in [5.41, 5.74) is 8.43. The Kier molecular flexibility index (Phi) is 5.36. The number of nitrogens with zero attached hydrogens (tertiary/aromatic N) is 1. The molecule has 0 fully saturated rings. The van der Waals surface area contributed by atoms with Gasteiger partial charge in [0.1, 0.15) is 0 Å². The molecule has 0 aliphatic carbocycles. The molecule has 2 heterocycles. The van der Waals surface area contributed by atoms with Gasteiger partial charge in [-0.3, -0.25) is 4.57 Å². The second-order valence-electron chi connectivity index (χ2n) is 7.64. The first-order valence-corrected chi connectivity index (χ1v) is 11.6. The highest BCUT2D eigenvalue weighted by Crippen LogP contribution is 2.39. The molecular formula is C25H23N3OS2. The van der Waals surface area contributed by atoms with Gasteiger partial charge >= 0.3 is 0 Å². The number of aryl methyl sites for hydroxylation is 1. The smallest absolute Gasteiger partial charge is 0.218 e. The summed E-state index contributed by atoms with van der Waals surface area (Å²) in [5.74, 6) is 0.182. The Bertz CT molecular complexity index is 1410. The average molecular weight is 446 g/mol. The number of rotatable bonds is 6. The molecule has 0 amide bonds. The topological polar surface area (TPSA) is 67.0 Å².